The van der Waals surface area contributed by atoms with Gasteiger partial charge in [-0.2, -0.15) is 0 Å². The van der Waals surface area contributed by atoms with Gasteiger partial charge in [0.15, 0.2) is 0 Å². The van der Waals surface area contributed by atoms with E-state index in [2.05, 4.69) is 5.32 Å². The SMILES string of the molecule is C[C@@H](NCCn1ccccc1=O)c1ccccc1F. The van der Waals surface area contributed by atoms with Crippen LogP contribution in [0.3, 0.4) is 0 Å². The molecule has 0 fully saturated rings. The minimum absolute atomic E-state index is 0.0251. The molecule has 1 atom stereocenters. The molecule has 3 nitrogen and oxygen atoms in total. The molecule has 0 saturated heterocycles. The van der Waals surface area contributed by atoms with E-state index in [1.165, 1.54) is 12.1 Å². The summed E-state index contributed by atoms with van der Waals surface area (Å²) in [6.07, 6.45) is 1.75. The van der Waals surface area contributed by atoms with Gasteiger partial charge in [-0.25, -0.2) is 4.39 Å². The molecule has 1 aromatic heterocycles. The Morgan fingerprint density at radius 3 is 2.68 bits per heavy atom. The van der Waals surface area contributed by atoms with Crippen molar-refractivity contribution in [2.75, 3.05) is 6.54 Å². The molecule has 4 heteroatoms. The smallest absolute Gasteiger partial charge is 0.250 e. The molecule has 0 saturated carbocycles. The molecule has 1 heterocycles. The number of aromatic nitrogens is 1. The van der Waals surface area contributed by atoms with E-state index in [0.717, 1.165) is 0 Å². The molecule has 0 aliphatic carbocycles. The number of nitrogens with zero attached hydrogens (tertiary/aromatic N) is 1. The van der Waals surface area contributed by atoms with Crippen LogP contribution in [0.2, 0.25) is 0 Å². The number of nitrogens with one attached hydrogen (secondary N) is 1. The number of hydrogen-bond donors (Lipinski definition) is 1. The molecule has 2 rings (SSSR count). The highest BCUT2D eigenvalue weighted by molar-refractivity contribution is 5.20. The van der Waals surface area contributed by atoms with Crippen LogP contribution in [0.1, 0.15) is 18.5 Å². The van der Waals surface area contributed by atoms with Crippen LogP contribution in [0.25, 0.3) is 0 Å². The molecular formula is C15H17FN2O. The van der Waals surface area contributed by atoms with Crippen LogP contribution >= 0.6 is 0 Å². The molecule has 0 radical (unpaired) electrons. The summed E-state index contributed by atoms with van der Waals surface area (Å²) in [6.45, 7) is 3.09. The Balaban J connectivity index is 1.92. The lowest BCUT2D eigenvalue weighted by Gasteiger charge is -2.15. The fourth-order valence-corrected chi connectivity index (χ4v) is 1.98. The molecule has 0 bridgehead atoms. The third-order valence-corrected chi connectivity index (χ3v) is 3.07. The molecule has 1 aromatic carbocycles. The van der Waals surface area contributed by atoms with Crippen molar-refractivity contribution in [3.05, 3.63) is 70.4 Å². The maximum Gasteiger partial charge on any atom is 0.250 e. The lowest BCUT2D eigenvalue weighted by molar-refractivity contribution is 0.501. The molecule has 100 valence electrons. The second kappa shape index (κ2) is 6.29. The summed E-state index contributed by atoms with van der Waals surface area (Å²) in [5.41, 5.74) is 0.616. The lowest BCUT2D eigenvalue weighted by atomic mass is 10.1. The lowest BCUT2D eigenvalue weighted by Crippen LogP contribution is -2.28. The Kier molecular flexibility index (Phi) is 4.47. The highest BCUT2D eigenvalue weighted by atomic mass is 19.1. The Bertz CT molecular complexity index is 594. The summed E-state index contributed by atoms with van der Waals surface area (Å²) in [7, 11) is 0. The molecule has 2 aromatic rings. The second-order valence-corrected chi connectivity index (χ2v) is 4.43. The van der Waals surface area contributed by atoms with Gasteiger partial charge in [-0.3, -0.25) is 4.79 Å². The third-order valence-electron chi connectivity index (χ3n) is 3.07. The Morgan fingerprint density at radius 2 is 1.95 bits per heavy atom. The quantitative estimate of drug-likeness (QED) is 0.895. The van der Waals surface area contributed by atoms with Gasteiger partial charge in [0.1, 0.15) is 5.82 Å². The van der Waals surface area contributed by atoms with Crippen molar-refractivity contribution in [1.29, 1.82) is 0 Å². The molecule has 1 N–H and O–H groups in total. The number of rotatable bonds is 5. The molecule has 0 spiro atoms. The Morgan fingerprint density at radius 1 is 1.21 bits per heavy atom. The zero-order valence-corrected chi connectivity index (χ0v) is 10.8. The van der Waals surface area contributed by atoms with Crippen LogP contribution < -0.4 is 10.9 Å². The Hall–Kier alpha value is -1.94. The topological polar surface area (TPSA) is 34.0 Å². The van der Waals surface area contributed by atoms with E-state index in [0.29, 0.717) is 18.7 Å². The van der Waals surface area contributed by atoms with Gasteiger partial charge in [0, 0.05) is 37.0 Å². The van der Waals surface area contributed by atoms with Gasteiger partial charge in [-0.05, 0) is 19.1 Å². The summed E-state index contributed by atoms with van der Waals surface area (Å²) in [4.78, 5) is 11.5. The van der Waals surface area contributed by atoms with Gasteiger partial charge in [0.2, 0.25) is 0 Å². The average molecular weight is 260 g/mol. The van der Waals surface area contributed by atoms with E-state index in [1.807, 2.05) is 19.1 Å². The van der Waals surface area contributed by atoms with Crippen molar-refractivity contribution in [3.8, 4) is 0 Å². The van der Waals surface area contributed by atoms with Gasteiger partial charge >= 0.3 is 0 Å². The first-order valence-electron chi connectivity index (χ1n) is 6.32. The predicted octanol–water partition coefficient (Wildman–Crippen LogP) is 2.34. The molecule has 0 aliphatic heterocycles. The third kappa shape index (κ3) is 3.51. The van der Waals surface area contributed by atoms with Crippen LogP contribution in [-0.2, 0) is 6.54 Å². The highest BCUT2D eigenvalue weighted by Crippen LogP contribution is 2.15. The first kappa shape index (κ1) is 13.5. The fraction of sp³-hybridized carbons (Fsp3) is 0.267. The van der Waals surface area contributed by atoms with Crippen molar-refractivity contribution < 1.29 is 4.39 Å². The molecule has 0 amide bonds. The van der Waals surface area contributed by atoms with Gasteiger partial charge in [0.25, 0.3) is 5.56 Å². The van der Waals surface area contributed by atoms with Gasteiger partial charge in [-0.1, -0.05) is 24.3 Å². The highest BCUT2D eigenvalue weighted by Gasteiger charge is 2.08. The summed E-state index contributed by atoms with van der Waals surface area (Å²) < 4.78 is 15.2. The number of halogens is 1. The summed E-state index contributed by atoms with van der Waals surface area (Å²) >= 11 is 0. The summed E-state index contributed by atoms with van der Waals surface area (Å²) in [6, 6.07) is 11.7. The Labute approximate surface area is 111 Å². The van der Waals surface area contributed by atoms with Crippen molar-refractivity contribution in [2.24, 2.45) is 0 Å². The average Bonchev–Trinajstić information content (AvgIpc) is 2.41. The van der Waals surface area contributed by atoms with Crippen LogP contribution in [-0.4, -0.2) is 11.1 Å². The zero-order valence-electron chi connectivity index (χ0n) is 10.8. The monoisotopic (exact) mass is 260 g/mol. The van der Waals surface area contributed by atoms with E-state index >= 15 is 0 Å². The van der Waals surface area contributed by atoms with Crippen LogP contribution in [0.5, 0.6) is 0 Å². The van der Waals surface area contributed by atoms with Crippen LogP contribution in [0, 0.1) is 5.82 Å². The standard InChI is InChI=1S/C15H17FN2O/c1-12(13-6-2-3-7-14(13)16)17-9-11-18-10-5-4-8-15(18)19/h2-8,10,12,17H,9,11H2,1H3/t12-/m1/s1. The van der Waals surface area contributed by atoms with E-state index in [-0.39, 0.29) is 17.4 Å². The van der Waals surface area contributed by atoms with Crippen LogP contribution in [0.15, 0.2) is 53.5 Å². The largest absolute Gasteiger partial charge is 0.314 e. The zero-order chi connectivity index (χ0) is 13.7. The summed E-state index contributed by atoms with van der Waals surface area (Å²) in [5.74, 6) is -0.209. The maximum absolute atomic E-state index is 13.6. The fourth-order valence-electron chi connectivity index (χ4n) is 1.98. The van der Waals surface area contributed by atoms with Crippen molar-refractivity contribution >= 4 is 0 Å². The molecular weight excluding hydrogens is 243 g/mol. The summed E-state index contributed by atoms with van der Waals surface area (Å²) in [5, 5.41) is 3.22. The van der Waals surface area contributed by atoms with E-state index in [1.54, 1.807) is 29.0 Å². The number of pyridine rings is 1. The molecule has 19 heavy (non-hydrogen) atoms. The van der Waals surface area contributed by atoms with Crippen LogP contribution in [0.4, 0.5) is 4.39 Å². The minimum Gasteiger partial charge on any atom is -0.314 e. The van der Waals surface area contributed by atoms with Gasteiger partial charge in [0.05, 0.1) is 0 Å². The van der Waals surface area contributed by atoms with Crippen molar-refractivity contribution in [1.82, 2.24) is 9.88 Å². The van der Waals surface area contributed by atoms with Crippen molar-refractivity contribution in [2.45, 2.75) is 19.5 Å². The van der Waals surface area contributed by atoms with E-state index in [4.69, 9.17) is 0 Å². The van der Waals surface area contributed by atoms with Gasteiger partial charge in [-0.15, -0.1) is 0 Å². The molecule has 0 unspecified atom stereocenters. The van der Waals surface area contributed by atoms with Crippen molar-refractivity contribution in [3.63, 3.8) is 0 Å². The van der Waals surface area contributed by atoms with Gasteiger partial charge < -0.3 is 9.88 Å². The molecule has 0 aliphatic rings. The normalized spacial score (nSPS) is 12.3. The first-order chi connectivity index (χ1) is 9.18. The van der Waals surface area contributed by atoms with E-state index < -0.39 is 0 Å². The van der Waals surface area contributed by atoms with E-state index in [9.17, 15) is 9.18 Å². The number of hydrogen-bond acceptors (Lipinski definition) is 2. The predicted molar refractivity (Wildman–Crippen MR) is 73.5 cm³/mol. The minimum atomic E-state index is -0.209. The number of benzene rings is 1. The maximum atomic E-state index is 13.6. The second-order valence-electron chi connectivity index (χ2n) is 4.43. The first-order valence-corrected chi connectivity index (χ1v) is 6.32.